The zero-order chi connectivity index (χ0) is 17.5. The number of aromatic nitrogens is 1. The van der Waals surface area contributed by atoms with Crippen LogP contribution in [-0.4, -0.2) is 47.7 Å². The van der Waals surface area contributed by atoms with E-state index < -0.39 is 4.92 Å². The summed E-state index contributed by atoms with van der Waals surface area (Å²) in [6.45, 7) is 10.7. The Balaban J connectivity index is 0.000000322. The van der Waals surface area contributed by atoms with Gasteiger partial charge >= 0.3 is 0 Å². The van der Waals surface area contributed by atoms with E-state index in [0.717, 1.165) is 25.5 Å². The molecular weight excluding hydrogens is 300 g/mol. The van der Waals surface area contributed by atoms with E-state index in [2.05, 4.69) is 26.9 Å². The molecule has 0 radical (unpaired) electrons. The number of nitrogens with zero attached hydrogens (tertiary/aromatic N) is 3. The molecule has 1 saturated heterocycles. The Morgan fingerprint density at radius 1 is 1.48 bits per heavy atom. The third-order valence-corrected chi connectivity index (χ3v) is 3.14. The predicted octanol–water partition coefficient (Wildman–Crippen LogP) is 1.75. The second kappa shape index (κ2) is 8.42. The molecule has 1 unspecified atom stereocenters. The molecule has 0 spiro atoms. The summed E-state index contributed by atoms with van der Waals surface area (Å²) in [4.78, 5) is 25.9. The van der Waals surface area contributed by atoms with Crippen LogP contribution in [0.1, 0.15) is 27.7 Å². The first-order valence-electron chi connectivity index (χ1n) is 7.44. The Hall–Kier alpha value is -2.22. The first kappa shape index (κ1) is 18.8. The van der Waals surface area contributed by atoms with E-state index in [0.29, 0.717) is 12.5 Å². The molecule has 1 N–H and O–H groups in total. The molecule has 0 amide bonds. The number of hydrogen-bond donors (Lipinski definition) is 1. The molecule has 1 aliphatic heterocycles. The van der Waals surface area contributed by atoms with Crippen LogP contribution in [0.25, 0.3) is 0 Å². The number of pyridine rings is 1. The van der Waals surface area contributed by atoms with Crippen molar-refractivity contribution >= 4 is 18.0 Å². The molecule has 2 heterocycles. The van der Waals surface area contributed by atoms with E-state index in [9.17, 15) is 14.9 Å². The van der Waals surface area contributed by atoms with Crippen molar-refractivity contribution in [1.29, 1.82) is 0 Å². The molecule has 0 bridgehead atoms. The quantitative estimate of drug-likeness (QED) is 0.514. The van der Waals surface area contributed by atoms with E-state index in [1.807, 2.05) is 20.8 Å². The predicted molar refractivity (Wildman–Crippen MR) is 87.5 cm³/mol. The fourth-order valence-electron chi connectivity index (χ4n) is 1.98. The van der Waals surface area contributed by atoms with Gasteiger partial charge in [0.05, 0.1) is 4.92 Å². The molecule has 1 aromatic rings. The lowest BCUT2D eigenvalue weighted by atomic mass is 10.2. The van der Waals surface area contributed by atoms with E-state index in [1.54, 1.807) is 6.07 Å². The Morgan fingerprint density at radius 3 is 2.57 bits per heavy atom. The van der Waals surface area contributed by atoms with Crippen LogP contribution in [0.2, 0.25) is 0 Å². The molecule has 1 aliphatic rings. The summed E-state index contributed by atoms with van der Waals surface area (Å²) in [5, 5.41) is 13.8. The molecule has 1 aromatic heterocycles. The second-order valence-corrected chi connectivity index (χ2v) is 6.20. The Labute approximate surface area is 136 Å². The number of nitrogens with one attached hydrogen (secondary N) is 1. The number of hydrogen-bond acceptors (Lipinski definition) is 7. The van der Waals surface area contributed by atoms with Gasteiger partial charge in [0.25, 0.3) is 12.2 Å². The van der Waals surface area contributed by atoms with Crippen LogP contribution in [-0.2, 0) is 9.53 Å². The van der Waals surface area contributed by atoms with Crippen LogP contribution in [0, 0.1) is 10.1 Å². The highest BCUT2D eigenvalue weighted by molar-refractivity contribution is 5.44. The number of anilines is 1. The smallest absolute Gasteiger partial charge is 0.293 e. The summed E-state index contributed by atoms with van der Waals surface area (Å²) >= 11 is 0. The van der Waals surface area contributed by atoms with E-state index in [1.165, 1.54) is 12.3 Å². The van der Waals surface area contributed by atoms with Crippen LogP contribution >= 0.6 is 0 Å². The van der Waals surface area contributed by atoms with Crippen molar-refractivity contribution in [2.45, 2.75) is 39.3 Å². The van der Waals surface area contributed by atoms with Crippen molar-refractivity contribution in [2.24, 2.45) is 0 Å². The lowest BCUT2D eigenvalue weighted by molar-refractivity contribution is -0.385. The molecular formula is C15H24N4O4. The van der Waals surface area contributed by atoms with Gasteiger partial charge in [-0.3, -0.25) is 14.9 Å². The minimum atomic E-state index is -0.433. The lowest BCUT2D eigenvalue weighted by Crippen LogP contribution is -2.50. The third kappa shape index (κ3) is 6.60. The Bertz CT molecular complexity index is 513. The zero-order valence-electron chi connectivity index (χ0n) is 14.0. The van der Waals surface area contributed by atoms with Crippen LogP contribution in [0.5, 0.6) is 0 Å². The van der Waals surface area contributed by atoms with Crippen molar-refractivity contribution < 1.29 is 14.5 Å². The number of ether oxygens (including phenoxy) is 1. The maximum absolute atomic E-state index is 10.5. The van der Waals surface area contributed by atoms with Gasteiger partial charge in [0.1, 0.15) is 17.6 Å². The van der Waals surface area contributed by atoms with Crippen molar-refractivity contribution in [1.82, 2.24) is 10.3 Å². The molecule has 1 fully saturated rings. The third-order valence-electron chi connectivity index (χ3n) is 3.14. The number of piperazine rings is 1. The molecule has 128 valence electrons. The standard InChI is InChI=1S/C10H14N4O2.C5H10O2/c1-8-6-11-4-5-13(8)10-3-2-9(7-12-10)14(15)16;1-5(2,3)7-4-6/h2-3,7-8,11H,4-6H2,1H3;4H,1-3H3. The van der Waals surface area contributed by atoms with Gasteiger partial charge in [-0.2, -0.15) is 0 Å². The molecule has 2 rings (SSSR count). The van der Waals surface area contributed by atoms with Gasteiger partial charge in [-0.25, -0.2) is 4.98 Å². The number of nitro groups is 1. The minimum absolute atomic E-state index is 0.0338. The van der Waals surface area contributed by atoms with Gasteiger partial charge in [0, 0.05) is 31.7 Å². The summed E-state index contributed by atoms with van der Waals surface area (Å²) in [5.74, 6) is 0.805. The summed E-state index contributed by atoms with van der Waals surface area (Å²) in [7, 11) is 0. The number of carbonyl (C=O) groups is 1. The largest absolute Gasteiger partial charge is 0.462 e. The summed E-state index contributed by atoms with van der Waals surface area (Å²) in [6.07, 6.45) is 1.31. The summed E-state index contributed by atoms with van der Waals surface area (Å²) < 4.78 is 4.55. The fourth-order valence-corrected chi connectivity index (χ4v) is 1.98. The monoisotopic (exact) mass is 324 g/mol. The van der Waals surface area contributed by atoms with Crippen molar-refractivity contribution in [3.05, 3.63) is 28.4 Å². The van der Waals surface area contributed by atoms with Crippen molar-refractivity contribution in [3.8, 4) is 0 Å². The van der Waals surface area contributed by atoms with Crippen LogP contribution in [0.3, 0.4) is 0 Å². The highest BCUT2D eigenvalue weighted by atomic mass is 16.6. The van der Waals surface area contributed by atoms with Gasteiger partial charge in [0.15, 0.2) is 0 Å². The zero-order valence-corrected chi connectivity index (χ0v) is 14.0. The van der Waals surface area contributed by atoms with Gasteiger partial charge in [-0.15, -0.1) is 0 Å². The van der Waals surface area contributed by atoms with Crippen molar-refractivity contribution in [3.63, 3.8) is 0 Å². The second-order valence-electron chi connectivity index (χ2n) is 6.20. The van der Waals surface area contributed by atoms with Crippen LogP contribution in [0.15, 0.2) is 18.3 Å². The molecule has 23 heavy (non-hydrogen) atoms. The average Bonchev–Trinajstić information content (AvgIpc) is 2.47. The van der Waals surface area contributed by atoms with Crippen LogP contribution < -0.4 is 10.2 Å². The first-order valence-corrected chi connectivity index (χ1v) is 7.44. The molecule has 8 heteroatoms. The molecule has 0 saturated carbocycles. The molecule has 0 aliphatic carbocycles. The SMILES string of the molecule is CC(C)(C)OC=O.CC1CNCCN1c1ccc([N+](=O)[O-])cn1. The van der Waals surface area contributed by atoms with Crippen molar-refractivity contribution in [2.75, 3.05) is 24.5 Å². The highest BCUT2D eigenvalue weighted by Gasteiger charge is 2.19. The Kier molecular flexibility index (Phi) is 6.89. The van der Waals surface area contributed by atoms with Gasteiger partial charge < -0.3 is 15.0 Å². The van der Waals surface area contributed by atoms with Gasteiger partial charge in [-0.1, -0.05) is 0 Å². The molecule has 8 nitrogen and oxygen atoms in total. The summed E-state index contributed by atoms with van der Waals surface area (Å²) in [5.41, 5.74) is -0.284. The van der Waals surface area contributed by atoms with Crippen LogP contribution in [0.4, 0.5) is 11.5 Å². The fraction of sp³-hybridized carbons (Fsp3) is 0.600. The maximum Gasteiger partial charge on any atom is 0.293 e. The van der Waals surface area contributed by atoms with E-state index in [4.69, 9.17) is 0 Å². The number of carbonyl (C=O) groups excluding carboxylic acids is 1. The summed E-state index contributed by atoms with van der Waals surface area (Å²) in [6, 6.07) is 3.57. The Morgan fingerprint density at radius 2 is 2.17 bits per heavy atom. The lowest BCUT2D eigenvalue weighted by Gasteiger charge is -2.34. The average molecular weight is 324 g/mol. The molecule has 0 aromatic carbocycles. The number of rotatable bonds is 3. The molecule has 1 atom stereocenters. The highest BCUT2D eigenvalue weighted by Crippen LogP contribution is 2.18. The topological polar surface area (TPSA) is 97.6 Å². The van der Waals surface area contributed by atoms with E-state index in [-0.39, 0.29) is 11.3 Å². The first-order chi connectivity index (χ1) is 10.7. The minimum Gasteiger partial charge on any atom is -0.462 e. The van der Waals surface area contributed by atoms with E-state index >= 15 is 0 Å². The maximum atomic E-state index is 10.5. The normalized spacial score (nSPS) is 17.7. The van der Waals surface area contributed by atoms with Gasteiger partial charge in [-0.05, 0) is 33.8 Å². The van der Waals surface area contributed by atoms with Gasteiger partial charge in [0.2, 0.25) is 0 Å².